The van der Waals surface area contributed by atoms with E-state index in [2.05, 4.69) is 23.7 Å². The van der Waals surface area contributed by atoms with E-state index >= 15 is 0 Å². The first-order valence-electron chi connectivity index (χ1n) is 5.47. The number of aromatic nitrogens is 1. The lowest BCUT2D eigenvalue weighted by atomic mass is 10.1. The van der Waals surface area contributed by atoms with Crippen molar-refractivity contribution in [3.8, 4) is 0 Å². The molecule has 0 aliphatic rings. The maximum Gasteiger partial charge on any atom is 0.128 e. The molecule has 1 heterocycles. The molecule has 1 atom stereocenters. The Morgan fingerprint density at radius 2 is 2.27 bits per heavy atom. The summed E-state index contributed by atoms with van der Waals surface area (Å²) in [5, 5.41) is 9.04. The second-order valence-electron chi connectivity index (χ2n) is 3.93. The third kappa shape index (κ3) is 3.20. The summed E-state index contributed by atoms with van der Waals surface area (Å²) in [6.07, 6.45) is 4.07. The van der Waals surface area contributed by atoms with Gasteiger partial charge >= 0.3 is 0 Å². The lowest BCUT2D eigenvalue weighted by Crippen LogP contribution is -2.29. The summed E-state index contributed by atoms with van der Waals surface area (Å²) < 4.78 is 0. The van der Waals surface area contributed by atoms with Crippen LogP contribution in [0.4, 0.5) is 5.82 Å². The minimum Gasteiger partial charge on any atom is -0.392 e. The quantitative estimate of drug-likeness (QED) is 0.806. The van der Waals surface area contributed by atoms with Crippen LogP contribution in [0.1, 0.15) is 32.3 Å². The van der Waals surface area contributed by atoms with Crippen molar-refractivity contribution in [2.75, 3.05) is 11.9 Å². The van der Waals surface area contributed by atoms with Gasteiger partial charge in [0.25, 0.3) is 0 Å². The van der Waals surface area contributed by atoms with Gasteiger partial charge < -0.3 is 10.0 Å². The Kier molecular flexibility index (Phi) is 4.56. The van der Waals surface area contributed by atoms with Gasteiger partial charge in [-0.3, -0.25) is 0 Å². The van der Waals surface area contributed by atoms with E-state index in [0.29, 0.717) is 6.04 Å². The molecular formula is C12H20N2O. The lowest BCUT2D eigenvalue weighted by Gasteiger charge is -2.25. The van der Waals surface area contributed by atoms with Crippen molar-refractivity contribution >= 4 is 5.82 Å². The summed E-state index contributed by atoms with van der Waals surface area (Å²) in [5.74, 6) is 0.933. The van der Waals surface area contributed by atoms with Gasteiger partial charge in [0.2, 0.25) is 0 Å². The minimum atomic E-state index is 0.0749. The maximum absolute atomic E-state index is 9.04. The molecule has 84 valence electrons. The summed E-state index contributed by atoms with van der Waals surface area (Å²) in [5.41, 5.74) is 0.913. The Bertz CT molecular complexity index is 301. The van der Waals surface area contributed by atoms with Gasteiger partial charge in [0.15, 0.2) is 0 Å². The molecule has 0 aromatic carbocycles. The van der Waals surface area contributed by atoms with E-state index in [0.717, 1.165) is 17.8 Å². The van der Waals surface area contributed by atoms with Crippen molar-refractivity contribution in [3.63, 3.8) is 0 Å². The van der Waals surface area contributed by atoms with E-state index in [1.54, 1.807) is 6.20 Å². The van der Waals surface area contributed by atoms with E-state index in [9.17, 15) is 0 Å². The second-order valence-corrected chi connectivity index (χ2v) is 3.93. The van der Waals surface area contributed by atoms with Crippen LogP contribution in [0.3, 0.4) is 0 Å². The van der Waals surface area contributed by atoms with Gasteiger partial charge in [0, 0.05) is 19.3 Å². The summed E-state index contributed by atoms with van der Waals surface area (Å²) in [6.45, 7) is 4.45. The van der Waals surface area contributed by atoms with Crippen molar-refractivity contribution in [1.82, 2.24) is 4.98 Å². The highest BCUT2D eigenvalue weighted by Gasteiger charge is 2.10. The SMILES string of the molecule is CCCC(C)N(C)c1cc(CO)ccn1. The standard InChI is InChI=1S/C12H20N2O/c1-4-5-10(2)14(3)12-8-11(9-15)6-7-13-12/h6-8,10,15H,4-5,9H2,1-3H3. The van der Waals surface area contributed by atoms with Crippen molar-refractivity contribution in [3.05, 3.63) is 23.9 Å². The largest absolute Gasteiger partial charge is 0.392 e. The molecule has 1 rings (SSSR count). The molecule has 0 aliphatic heterocycles. The van der Waals surface area contributed by atoms with Gasteiger partial charge in [-0.25, -0.2) is 4.98 Å². The Balaban J connectivity index is 2.76. The molecule has 0 aliphatic carbocycles. The lowest BCUT2D eigenvalue weighted by molar-refractivity contribution is 0.281. The summed E-state index contributed by atoms with van der Waals surface area (Å²) in [6, 6.07) is 4.25. The van der Waals surface area contributed by atoms with Crippen LogP contribution in [0, 0.1) is 0 Å². The monoisotopic (exact) mass is 208 g/mol. The second kappa shape index (κ2) is 5.71. The van der Waals surface area contributed by atoms with Crippen LogP contribution in [-0.2, 0) is 6.61 Å². The van der Waals surface area contributed by atoms with Crippen LogP contribution in [-0.4, -0.2) is 23.2 Å². The molecule has 0 radical (unpaired) electrons. The van der Waals surface area contributed by atoms with Crippen LogP contribution < -0.4 is 4.90 Å². The fraction of sp³-hybridized carbons (Fsp3) is 0.583. The van der Waals surface area contributed by atoms with Gasteiger partial charge in [-0.1, -0.05) is 13.3 Å². The highest BCUT2D eigenvalue weighted by Crippen LogP contribution is 2.15. The summed E-state index contributed by atoms with van der Waals surface area (Å²) in [4.78, 5) is 6.46. The van der Waals surface area contributed by atoms with E-state index in [1.807, 2.05) is 19.2 Å². The molecule has 0 fully saturated rings. The first-order chi connectivity index (χ1) is 7.19. The average Bonchev–Trinajstić information content (AvgIpc) is 2.28. The third-order valence-electron chi connectivity index (χ3n) is 2.72. The number of hydrogen-bond acceptors (Lipinski definition) is 3. The predicted octanol–water partition coefficient (Wildman–Crippen LogP) is 2.20. The number of rotatable bonds is 5. The third-order valence-corrected chi connectivity index (χ3v) is 2.72. The number of aliphatic hydroxyl groups is 1. The Hall–Kier alpha value is -1.09. The van der Waals surface area contributed by atoms with Gasteiger partial charge in [0.05, 0.1) is 6.61 Å². The van der Waals surface area contributed by atoms with Crippen molar-refractivity contribution in [2.45, 2.75) is 39.3 Å². The van der Waals surface area contributed by atoms with Crippen molar-refractivity contribution < 1.29 is 5.11 Å². The molecule has 1 unspecified atom stereocenters. The highest BCUT2D eigenvalue weighted by atomic mass is 16.3. The van der Waals surface area contributed by atoms with Gasteiger partial charge in [0.1, 0.15) is 5.82 Å². The molecule has 1 N–H and O–H groups in total. The minimum absolute atomic E-state index is 0.0749. The molecule has 1 aromatic rings. The Morgan fingerprint density at radius 1 is 1.53 bits per heavy atom. The van der Waals surface area contributed by atoms with Crippen LogP contribution in [0.2, 0.25) is 0 Å². The predicted molar refractivity (Wildman–Crippen MR) is 62.9 cm³/mol. The number of aliphatic hydroxyl groups excluding tert-OH is 1. The highest BCUT2D eigenvalue weighted by molar-refractivity contribution is 5.40. The first-order valence-corrected chi connectivity index (χ1v) is 5.47. The molecular weight excluding hydrogens is 188 g/mol. The van der Waals surface area contributed by atoms with Crippen LogP contribution in [0.15, 0.2) is 18.3 Å². The van der Waals surface area contributed by atoms with E-state index in [-0.39, 0.29) is 6.61 Å². The molecule has 15 heavy (non-hydrogen) atoms. The number of hydrogen-bond donors (Lipinski definition) is 1. The number of pyridine rings is 1. The fourth-order valence-corrected chi connectivity index (χ4v) is 1.59. The van der Waals surface area contributed by atoms with E-state index in [1.165, 1.54) is 6.42 Å². The molecule has 3 heteroatoms. The zero-order valence-electron chi connectivity index (χ0n) is 9.77. The van der Waals surface area contributed by atoms with Crippen molar-refractivity contribution in [1.29, 1.82) is 0 Å². The molecule has 0 saturated heterocycles. The van der Waals surface area contributed by atoms with Crippen LogP contribution >= 0.6 is 0 Å². The first kappa shape index (κ1) is 12.0. The van der Waals surface area contributed by atoms with Gasteiger partial charge in [-0.15, -0.1) is 0 Å². The van der Waals surface area contributed by atoms with Crippen LogP contribution in [0.25, 0.3) is 0 Å². The van der Waals surface area contributed by atoms with Crippen molar-refractivity contribution in [2.24, 2.45) is 0 Å². The molecule has 0 amide bonds. The molecule has 1 aromatic heterocycles. The van der Waals surface area contributed by atoms with Gasteiger partial charge in [-0.05, 0) is 31.0 Å². The zero-order valence-corrected chi connectivity index (χ0v) is 9.77. The topological polar surface area (TPSA) is 36.4 Å². The molecule has 0 saturated carbocycles. The normalized spacial score (nSPS) is 12.5. The Morgan fingerprint density at radius 3 is 2.87 bits per heavy atom. The van der Waals surface area contributed by atoms with E-state index < -0.39 is 0 Å². The van der Waals surface area contributed by atoms with Crippen LogP contribution in [0.5, 0.6) is 0 Å². The Labute approximate surface area is 91.8 Å². The molecule has 0 spiro atoms. The summed E-state index contributed by atoms with van der Waals surface area (Å²) >= 11 is 0. The maximum atomic E-state index is 9.04. The number of anilines is 1. The molecule has 3 nitrogen and oxygen atoms in total. The smallest absolute Gasteiger partial charge is 0.128 e. The zero-order chi connectivity index (χ0) is 11.3. The summed E-state index contributed by atoms with van der Waals surface area (Å²) in [7, 11) is 2.05. The fourth-order valence-electron chi connectivity index (χ4n) is 1.59. The average molecular weight is 208 g/mol. The number of nitrogens with zero attached hydrogens (tertiary/aromatic N) is 2. The van der Waals surface area contributed by atoms with Gasteiger partial charge in [-0.2, -0.15) is 0 Å². The van der Waals surface area contributed by atoms with E-state index in [4.69, 9.17) is 5.11 Å². The molecule has 0 bridgehead atoms.